The summed E-state index contributed by atoms with van der Waals surface area (Å²) in [5.41, 5.74) is 7.55. The fourth-order valence-electron chi connectivity index (χ4n) is 9.66. The Kier molecular flexibility index (Phi) is 17.3. The second-order valence-electron chi connectivity index (χ2n) is 19.3. The highest BCUT2D eigenvalue weighted by molar-refractivity contribution is 7.48. The minimum Gasteiger partial charge on any atom is -0.394 e. The maximum atomic E-state index is 14.0. The molecule has 0 radical (unpaired) electrons. The Morgan fingerprint density at radius 2 is 0.952 bits per heavy atom. The zero-order valence-corrected chi connectivity index (χ0v) is 46.9. The quantitative estimate of drug-likeness (QED) is 0.0327. The lowest BCUT2D eigenvalue weighted by atomic mass is 10.2. The molecule has 0 saturated carbocycles. The van der Waals surface area contributed by atoms with Crippen LogP contribution in [0.5, 0.6) is 0 Å². The fourth-order valence-corrected chi connectivity index (χ4v) is 13.1. The number of aliphatic hydroxyl groups excluding tert-OH is 1. The number of rotatable bonds is 22. The van der Waals surface area contributed by atoms with E-state index in [0.717, 1.165) is 27.9 Å². The van der Waals surface area contributed by atoms with Crippen LogP contribution in [0.2, 0.25) is 0 Å². The van der Waals surface area contributed by atoms with Crippen LogP contribution in [0.4, 0.5) is 11.8 Å². The van der Waals surface area contributed by atoms with Crippen LogP contribution in [0, 0.1) is 13.8 Å². The number of nitrogen functional groups attached to an aromatic ring is 2. The number of hydrogen-bond acceptors (Lipinski definition) is 28. The van der Waals surface area contributed by atoms with Gasteiger partial charge < -0.3 is 60.0 Å². The molecule has 6 aromatic heterocycles. The van der Waals surface area contributed by atoms with Gasteiger partial charge in [-0.05, 0) is 13.8 Å². The smallest absolute Gasteiger partial charge is 0.394 e. The summed E-state index contributed by atoms with van der Waals surface area (Å²) < 4.78 is 119. The Bertz CT molecular complexity index is 3980. The van der Waals surface area contributed by atoms with E-state index >= 15 is 0 Å². The van der Waals surface area contributed by atoms with Crippen LogP contribution in [-0.4, -0.2) is 163 Å². The predicted octanol–water partition coefficient (Wildman–Crippen LogP) is -2.03. The van der Waals surface area contributed by atoms with Crippen molar-refractivity contribution in [3.63, 3.8) is 0 Å². The number of nitrogens with one attached hydrogen (secondary N) is 3. The fraction of sp³-hybridized carbons (Fsp3) is 0.550. The minimum absolute atomic E-state index is 0.00711. The molecule has 6 aromatic rings. The van der Waals surface area contributed by atoms with Crippen molar-refractivity contribution in [2.24, 2.45) is 0 Å². The molecule has 44 heteroatoms. The monoisotopic (exact) mass is 1270 g/mol. The molecule has 0 aliphatic carbocycles. The number of aromatic nitrogens is 12. The van der Waals surface area contributed by atoms with E-state index in [1.807, 2.05) is 0 Å². The van der Waals surface area contributed by atoms with Crippen LogP contribution >= 0.6 is 31.3 Å². The van der Waals surface area contributed by atoms with Crippen LogP contribution in [0.1, 0.15) is 61.7 Å². The van der Waals surface area contributed by atoms with E-state index in [0.29, 0.717) is 0 Å². The van der Waals surface area contributed by atoms with Crippen LogP contribution in [0.15, 0.2) is 55.3 Å². The topological polar surface area (TPSA) is 560 Å². The van der Waals surface area contributed by atoms with Crippen LogP contribution in [0.3, 0.4) is 0 Å². The van der Waals surface area contributed by atoms with Crippen molar-refractivity contribution in [2.45, 2.75) is 113 Å². The lowest BCUT2D eigenvalue weighted by Gasteiger charge is -2.25. The summed E-state index contributed by atoms with van der Waals surface area (Å²) in [7, 11) is -21.4. The molecule has 4 fully saturated rings. The predicted molar refractivity (Wildman–Crippen MR) is 274 cm³/mol. The summed E-state index contributed by atoms with van der Waals surface area (Å²) in [5, 5.41) is 10.1. The van der Waals surface area contributed by atoms with Crippen molar-refractivity contribution in [2.75, 3.05) is 37.9 Å². The molecule has 0 bridgehead atoms. The van der Waals surface area contributed by atoms with Gasteiger partial charge in [0.05, 0.1) is 39.1 Å². The van der Waals surface area contributed by atoms with Gasteiger partial charge in [0.25, 0.3) is 16.7 Å². The van der Waals surface area contributed by atoms with Crippen molar-refractivity contribution < 1.29 is 98.4 Å². The van der Waals surface area contributed by atoms with E-state index in [9.17, 15) is 71.8 Å². The van der Waals surface area contributed by atoms with Crippen molar-refractivity contribution in [1.29, 1.82) is 0 Å². The average molecular weight is 1270 g/mol. The van der Waals surface area contributed by atoms with E-state index < -0.39 is 172 Å². The number of phosphoric acid groups is 4. The van der Waals surface area contributed by atoms with Gasteiger partial charge in [-0.3, -0.25) is 79.3 Å². The van der Waals surface area contributed by atoms with Gasteiger partial charge in [0.15, 0.2) is 22.6 Å². The standard InChI is InChI=1S/C40H52N14O26P4/c1-16-7-51(39(59)49-35(16)56)26-5-20(24(74-26)11-71-82(64,65)78-18-3-28(73-22(18)9-55)53-14-45-30-32(41)43-13-44-33(30)53)80-84(68,69)72-12-25-21(6-27(75-25)52-8-17(2)36(57)50-40(52)60)79-83(66,67)70-10-23-19(77-81(61,62)63)4-29(76-23)54-15-46-31-34(54)47-38(42)48-37(31)58/h7-8,13-15,18-29,55H,3-6,9-12H2,1-2H3,(H,64,65)(H,66,67)(H,68,69)(H2,41,43,44)(H,49,56,59)(H,50,57,60)(H2,61,62,63)(H3,42,47,48,58)/t18-,19-,20-,21-,22+,23+,24+,25+,26+,27+,28+,29+/m0/s1. The number of nitrogens with zero attached hydrogens (tertiary/aromatic N) is 9. The van der Waals surface area contributed by atoms with Gasteiger partial charge in [0.1, 0.15) is 85.6 Å². The highest BCUT2D eigenvalue weighted by atomic mass is 31.2. The molecule has 10 rings (SSSR count). The SMILES string of the molecule is Cc1cn([C@H]2C[C@H](OP(=O)(O)OC[C@H]3O[C@@H](n4cnc5c(=O)[nH]c(N)nc54)C[C@@H]3OP(=O)(O)O)[C@@H](COP(=O)(O)O[C@H]3C[C@H](n4cc(C)c(=O)[nH]c4=O)O[C@@H]3COP(=O)(O)O[C@H]3C[C@H](n4cnc5c(N)ncnc54)O[C@@H]3CO)O2)c(=O)[nH]c1=O. The molecule has 40 nitrogen and oxygen atoms in total. The normalized spacial score (nSPS) is 28.7. The molecule has 4 aliphatic rings. The molecule has 0 spiro atoms. The summed E-state index contributed by atoms with van der Waals surface area (Å²) >= 11 is 0. The molecule has 4 saturated heterocycles. The number of fused-ring (bicyclic) bond motifs is 2. The summed E-state index contributed by atoms with van der Waals surface area (Å²) in [6, 6.07) is 0. The van der Waals surface area contributed by atoms with Crippen molar-refractivity contribution >= 4 is 65.4 Å². The van der Waals surface area contributed by atoms with E-state index in [-0.39, 0.29) is 58.1 Å². The highest BCUT2D eigenvalue weighted by Crippen LogP contribution is 2.54. The third-order valence-corrected chi connectivity index (χ3v) is 17.1. The van der Waals surface area contributed by atoms with E-state index in [1.165, 1.54) is 35.6 Å². The number of anilines is 2. The van der Waals surface area contributed by atoms with Crippen molar-refractivity contribution in [3.8, 4) is 0 Å². The number of ether oxygens (including phenoxy) is 4. The Morgan fingerprint density at radius 3 is 1.40 bits per heavy atom. The second kappa shape index (κ2) is 23.8. The zero-order chi connectivity index (χ0) is 60.4. The Morgan fingerprint density at radius 1 is 0.548 bits per heavy atom. The molecular weight excluding hydrogens is 1220 g/mol. The number of nitrogens with two attached hydrogens (primary N) is 2. The maximum absolute atomic E-state index is 14.0. The minimum atomic E-state index is -5.48. The molecule has 458 valence electrons. The van der Waals surface area contributed by atoms with Gasteiger partial charge in [0.2, 0.25) is 5.95 Å². The summed E-state index contributed by atoms with van der Waals surface area (Å²) in [4.78, 5) is 142. The molecule has 3 unspecified atom stereocenters. The third kappa shape index (κ3) is 13.5. The molecule has 10 heterocycles. The molecule has 84 heavy (non-hydrogen) atoms. The summed E-state index contributed by atoms with van der Waals surface area (Å²) in [6.45, 7) is -1.02. The number of H-pyrrole nitrogens is 3. The van der Waals surface area contributed by atoms with Crippen LogP contribution < -0.4 is 39.5 Å². The molecule has 0 amide bonds. The first-order valence-electron chi connectivity index (χ1n) is 24.8. The average Bonchev–Trinajstić information content (AvgIpc) is 3.08. The second-order valence-corrected chi connectivity index (χ2v) is 24.7. The van der Waals surface area contributed by atoms with Crippen LogP contribution in [-0.2, 0) is 68.9 Å². The Labute approximate surface area is 466 Å². The highest BCUT2D eigenvalue weighted by Gasteiger charge is 2.49. The number of aliphatic hydroxyl groups is 1. The Balaban J connectivity index is 0.838. The lowest BCUT2D eigenvalue weighted by molar-refractivity contribution is -0.0634. The van der Waals surface area contributed by atoms with Gasteiger partial charge in [-0.15, -0.1) is 0 Å². The maximum Gasteiger partial charge on any atom is 0.472 e. The number of phosphoric ester groups is 4. The molecule has 4 aliphatic heterocycles. The Hall–Kier alpha value is -5.90. The number of aryl methyl sites for hydroxylation is 2. The number of hydrogen-bond donors (Lipinski definition) is 11. The largest absolute Gasteiger partial charge is 0.472 e. The van der Waals surface area contributed by atoms with E-state index in [4.69, 9.17) is 62.1 Å². The van der Waals surface area contributed by atoms with Gasteiger partial charge in [-0.1, -0.05) is 0 Å². The molecule has 15 atom stereocenters. The van der Waals surface area contributed by atoms with Crippen molar-refractivity contribution in [1.82, 2.24) is 58.1 Å². The first-order valence-corrected chi connectivity index (χ1v) is 30.8. The van der Waals surface area contributed by atoms with E-state index in [1.54, 1.807) is 0 Å². The van der Waals surface area contributed by atoms with Crippen molar-refractivity contribution in [3.05, 3.63) is 94.5 Å². The van der Waals surface area contributed by atoms with E-state index in [2.05, 4.69) is 39.9 Å². The first-order chi connectivity index (χ1) is 39.5. The van der Waals surface area contributed by atoms with Gasteiger partial charge in [-0.2, -0.15) is 4.98 Å². The van der Waals surface area contributed by atoms with Gasteiger partial charge in [-0.25, -0.2) is 47.8 Å². The first kappa shape index (κ1) is 61.2. The van der Waals surface area contributed by atoms with Gasteiger partial charge in [0, 0.05) is 49.2 Å². The lowest BCUT2D eigenvalue weighted by Crippen LogP contribution is -2.33. The third-order valence-electron chi connectivity index (χ3n) is 13.6. The van der Waals surface area contributed by atoms with Crippen LogP contribution in [0.25, 0.3) is 22.3 Å². The zero-order valence-electron chi connectivity index (χ0n) is 43.3. The molecular formula is C40H52N14O26P4. The molecule has 13 N–H and O–H groups in total. The summed E-state index contributed by atoms with van der Waals surface area (Å²) in [5.74, 6) is -0.250. The summed E-state index contributed by atoms with van der Waals surface area (Å²) in [6.07, 6.45) is -13.2. The number of aromatic amines is 3. The number of imidazole rings is 2. The van der Waals surface area contributed by atoms with Gasteiger partial charge >= 0.3 is 42.7 Å². The molecule has 0 aromatic carbocycles.